The summed E-state index contributed by atoms with van der Waals surface area (Å²) in [6.07, 6.45) is 10.5. The smallest absolute Gasteiger partial charge is 0.412 e. The lowest BCUT2D eigenvalue weighted by atomic mass is 9.61. The lowest BCUT2D eigenvalue weighted by Crippen LogP contribution is -2.62. The number of oxazole rings is 3. The molecule has 32 nitrogen and oxygen atoms in total. The van der Waals surface area contributed by atoms with E-state index >= 15 is 0 Å². The summed E-state index contributed by atoms with van der Waals surface area (Å²) >= 11 is 33.1. The molecule has 5 N–H and O–H groups in total. The molecule has 0 radical (unpaired) electrons. The van der Waals surface area contributed by atoms with Gasteiger partial charge in [0, 0.05) is 64.8 Å². The van der Waals surface area contributed by atoms with E-state index in [2.05, 4.69) is 46.4 Å². The number of halogens is 5. The zero-order valence-electron chi connectivity index (χ0n) is 84.7. The summed E-state index contributed by atoms with van der Waals surface area (Å²) in [4.78, 5) is 38.3. The molecule has 2 amide bonds. The first-order chi connectivity index (χ1) is 66.4. The van der Waals surface area contributed by atoms with Gasteiger partial charge in [0.15, 0.2) is 67.6 Å². The number of phenols is 2. The third kappa shape index (κ3) is 21.7. The number of hydrogen-bond donors (Lipinski definition) is 5. The summed E-state index contributed by atoms with van der Waals surface area (Å²) in [5.41, 5.74) is 2.28. The summed E-state index contributed by atoms with van der Waals surface area (Å²) in [6.45, 7) is 43.6. The van der Waals surface area contributed by atoms with Gasteiger partial charge in [-0.15, -0.1) is 11.8 Å². The molecule has 0 unspecified atom stereocenters. The fraction of sp³-hybridized carbons (Fsp3) is 0.653. The number of aromatic nitrogens is 3. The van der Waals surface area contributed by atoms with Crippen molar-refractivity contribution in [3.8, 4) is 11.5 Å². The van der Waals surface area contributed by atoms with Gasteiger partial charge < -0.3 is 71.8 Å². The van der Waals surface area contributed by atoms with E-state index in [-0.39, 0.29) is 124 Å². The molecular weight excluding hydrogens is 2080 g/mol. The van der Waals surface area contributed by atoms with Gasteiger partial charge in [0.05, 0.1) is 172 Å². The van der Waals surface area contributed by atoms with E-state index in [0.29, 0.717) is 143 Å². The molecular formula is C101H132Cl5N5O27S6. The molecule has 144 heavy (non-hydrogen) atoms. The number of nitrogens with zero attached hydrogens (tertiary/aromatic N) is 3. The van der Waals surface area contributed by atoms with Crippen molar-refractivity contribution in [2.75, 3.05) is 109 Å². The minimum atomic E-state index is -3.93. The van der Waals surface area contributed by atoms with Crippen molar-refractivity contribution < 1.29 is 122 Å². The summed E-state index contributed by atoms with van der Waals surface area (Å²) in [5, 5.41) is 36.2. The Kier molecular flexibility index (Phi) is 29.5. The number of carbonyl (C=O) groups is 2. The summed E-state index contributed by atoms with van der Waals surface area (Å²) < 4.78 is 189. The van der Waals surface area contributed by atoms with Crippen molar-refractivity contribution >= 4 is 176 Å². The molecule has 14 fully saturated rings. The molecule has 794 valence electrons. The van der Waals surface area contributed by atoms with E-state index in [1.165, 1.54) is 37.1 Å². The number of benzene rings is 5. The Bertz CT molecular complexity index is 6890. The first-order valence-corrected chi connectivity index (χ1v) is 58.8. The maximum atomic E-state index is 13.4. The molecule has 7 aliphatic carbocycles. The predicted molar refractivity (Wildman–Crippen MR) is 548 cm³/mol. The summed E-state index contributed by atoms with van der Waals surface area (Å²) in [5.74, 6) is 0.350. The van der Waals surface area contributed by atoms with Crippen LogP contribution in [0.15, 0.2) is 98.4 Å². The van der Waals surface area contributed by atoms with E-state index in [1.807, 2.05) is 65.4 Å². The second-order valence-electron chi connectivity index (χ2n) is 48.8. The van der Waals surface area contributed by atoms with Crippen LogP contribution < -0.4 is 10.6 Å². The highest BCUT2D eigenvalue weighted by molar-refractivity contribution is 8.00. The number of rotatable bonds is 14. The Labute approximate surface area is 871 Å². The van der Waals surface area contributed by atoms with Crippen LogP contribution in [0.1, 0.15) is 232 Å². The number of aliphatic hydroxyl groups excluding tert-OH is 1. The minimum Gasteiger partial charge on any atom is -0.504 e. The van der Waals surface area contributed by atoms with Crippen LogP contribution in [0.25, 0.3) is 33.3 Å². The normalized spacial score (nSPS) is 25.2. The van der Waals surface area contributed by atoms with Crippen LogP contribution in [-0.2, 0) is 113 Å². The number of nitrogens with one attached hydrogen (secondary N) is 2. The zero-order valence-corrected chi connectivity index (χ0v) is 93.4. The molecule has 43 heteroatoms. The van der Waals surface area contributed by atoms with Gasteiger partial charge in [0.1, 0.15) is 41.7 Å². The second-order valence-corrected chi connectivity index (χ2v) is 63.2. The summed E-state index contributed by atoms with van der Waals surface area (Å²) in [6, 6.07) is 15.9. The number of hydrogen-bond acceptors (Lipinski definition) is 31. The van der Waals surface area contributed by atoms with Crippen LogP contribution in [0.5, 0.6) is 11.5 Å². The molecule has 5 aromatic carbocycles. The lowest BCUT2D eigenvalue weighted by Gasteiger charge is -2.58. The molecule has 7 saturated carbocycles. The van der Waals surface area contributed by atoms with Gasteiger partial charge in [-0.1, -0.05) is 141 Å². The van der Waals surface area contributed by atoms with Crippen LogP contribution in [0, 0.1) is 43.3 Å². The number of aliphatic hydroxyl groups is 1. The first kappa shape index (κ1) is 111. The monoisotopic (exact) mass is 2210 g/mol. The first-order valence-electron chi connectivity index (χ1n) is 48.2. The number of fused-ring (bicyclic) bond motifs is 3. The van der Waals surface area contributed by atoms with Crippen LogP contribution in [0.2, 0.25) is 25.1 Å². The fourth-order valence-electron chi connectivity index (χ4n) is 21.8. The molecule has 0 bridgehead atoms. The molecule has 7 aliphatic heterocycles. The van der Waals surface area contributed by atoms with Gasteiger partial charge in [-0.3, -0.25) is 14.3 Å². The Morgan fingerprint density at radius 2 is 0.708 bits per heavy atom. The van der Waals surface area contributed by atoms with E-state index in [1.54, 1.807) is 86.6 Å². The topological polar surface area (TPSA) is 451 Å². The van der Waals surface area contributed by atoms with Crippen LogP contribution in [0.3, 0.4) is 0 Å². The van der Waals surface area contributed by atoms with Gasteiger partial charge >= 0.3 is 6.09 Å². The standard InChI is InChI=1S/C18H24ClNO6S.C18H24ClNO5S.C18H22ClNO4S.C17H20ClNO4S.C17H20ClNO2S.C7H12O4S.C6H10O2/c1-16(2,3)26-15(22)20-12-6-5-11(19)14(13(12)21)27(23,24)17(4)7-18(8-17)9-25-10-18;1-16(2,3)15(22)20-12-6-5-11(19)14(13(12)21)26(23,24)17(4)7-18(8-17)9-25-10-18;1-16(2,3)15-20-12-6-5-11(19)14(13(12)24-15)25(21,22)17(4)7-18(8-17)9-23-10-18;1-16(2,3)15-19-12-5-4-11(18)14(13(12)23-15)24(20,21)10-6-17(7-10)8-22-9-17;1-16(2,3)15-19-12-5-4-11(18)14(13(12)21-15)22-10-6-17(7-10)8-20-9-17;1-12(8,9)11-6-2-7(3-6)4-10-5-7;7-5-1-6(2-5)3-8-4-6/h5-6,21H,7-10H2,1-4H3,(H,20,22);5-6,21H,7-10H2,1-4H3,(H,20,22);5-6H,7-10H2,1-4H3;4-5,10H,6-9H2,1-3H3;4-5,10H,6-9H2,1-3H3;6H,2-5H2,1H3;5,7H,1-4H2. The number of sulfone groups is 4. The number of thioether (sulfide) groups is 1. The quantitative estimate of drug-likeness (QED) is 0.0498. The third-order valence-electron chi connectivity index (χ3n) is 29.6. The van der Waals surface area contributed by atoms with Crippen molar-refractivity contribution in [1.82, 2.24) is 15.0 Å². The van der Waals surface area contributed by atoms with Crippen molar-refractivity contribution in [2.24, 2.45) is 43.3 Å². The number of ether oxygens (including phenoxy) is 8. The van der Waals surface area contributed by atoms with Gasteiger partial charge in [0.2, 0.25) is 23.6 Å². The largest absolute Gasteiger partial charge is 0.504 e. The second kappa shape index (κ2) is 38.4. The Balaban J connectivity index is 0.000000123. The summed E-state index contributed by atoms with van der Waals surface area (Å²) in [7, 11) is -18.3. The maximum Gasteiger partial charge on any atom is 0.412 e. The number of anilines is 2. The number of aromatic hydroxyl groups is 2. The zero-order chi connectivity index (χ0) is 105. The lowest BCUT2D eigenvalue weighted by molar-refractivity contribution is -0.197. The van der Waals surface area contributed by atoms with Gasteiger partial charge in [-0.05, 0) is 192 Å². The third-order valence-corrected chi connectivity index (χ3v) is 43.5. The Morgan fingerprint density at radius 3 is 1.04 bits per heavy atom. The van der Waals surface area contributed by atoms with Crippen molar-refractivity contribution in [1.29, 1.82) is 0 Å². The predicted octanol–water partition coefficient (Wildman–Crippen LogP) is 20.3. The fourth-order valence-corrected chi connectivity index (χ4v) is 34.9. The van der Waals surface area contributed by atoms with Crippen molar-refractivity contribution in [3.05, 3.63) is 103 Å². The number of carbonyl (C=O) groups excluding carboxylic acids is 2. The van der Waals surface area contributed by atoms with E-state index < -0.39 is 97.6 Å². The number of phenolic OH excluding ortho intramolecular Hbond substituents is 2. The van der Waals surface area contributed by atoms with E-state index in [4.69, 9.17) is 118 Å². The van der Waals surface area contributed by atoms with Crippen LogP contribution in [-0.4, -0.2) is 226 Å². The molecule has 0 atom stereocenters. The molecule has 7 spiro atoms. The van der Waals surface area contributed by atoms with Gasteiger partial charge in [-0.25, -0.2) is 53.4 Å². The SMILES string of the molecule is CC(C)(C)C(=O)Nc1ccc(Cl)c(S(=O)(=O)C2(C)CC3(COC3)C2)c1O.CC(C)(C)OC(=O)Nc1ccc(Cl)c(S(=O)(=O)C2(C)CC3(COC3)C2)c1O.CC(C)(C)c1nc2ccc(Cl)c(S(=O)(=O)C3(C)CC4(COC4)C3)c2o1.CC(C)(C)c1nc2ccc(Cl)c(S(=O)(=O)C3CC4(COC4)C3)c2o1.CC(C)(C)c1nc2ccc(Cl)c(SC3CC4(COC4)C3)c2o1.CS(=O)(=O)OC1CC2(COC2)C1.OC1CC2(COC2)C1. The van der Waals surface area contributed by atoms with Crippen LogP contribution in [0.4, 0.5) is 16.2 Å². The molecule has 3 aromatic heterocycles. The van der Waals surface area contributed by atoms with E-state index in [0.717, 1.165) is 98.5 Å². The Morgan fingerprint density at radius 1 is 0.403 bits per heavy atom. The van der Waals surface area contributed by atoms with Crippen molar-refractivity contribution in [3.63, 3.8) is 0 Å². The van der Waals surface area contributed by atoms with Crippen LogP contribution >= 0.6 is 69.8 Å². The minimum absolute atomic E-state index is 0.0149. The highest BCUT2D eigenvalue weighted by Crippen LogP contribution is 2.64. The van der Waals surface area contributed by atoms with Gasteiger partial charge in [0.25, 0.3) is 10.1 Å². The molecule has 7 saturated heterocycles. The Hall–Kier alpha value is -5.96. The molecule has 14 aliphatic rings. The van der Waals surface area contributed by atoms with E-state index in [9.17, 15) is 61.9 Å². The highest BCUT2D eigenvalue weighted by atomic mass is 35.5. The van der Waals surface area contributed by atoms with Gasteiger partial charge in [-0.2, -0.15) is 8.42 Å². The van der Waals surface area contributed by atoms with Crippen molar-refractivity contribution in [2.45, 2.75) is 298 Å². The molecule has 8 aromatic rings. The highest BCUT2D eigenvalue weighted by Gasteiger charge is 2.67. The average Bonchev–Trinajstić information content (AvgIpc) is 0.864. The maximum absolute atomic E-state index is 13.4. The average molecular weight is 2220 g/mol. The number of amides is 2. The molecule has 22 rings (SSSR count). The molecule has 10 heterocycles.